The van der Waals surface area contributed by atoms with E-state index in [2.05, 4.69) is 20.8 Å². The lowest BCUT2D eigenvalue weighted by Crippen LogP contribution is -2.28. The van der Waals surface area contributed by atoms with Gasteiger partial charge in [-0.25, -0.2) is 4.68 Å². The predicted octanol–water partition coefficient (Wildman–Crippen LogP) is 0.386. The van der Waals surface area contributed by atoms with E-state index in [1.807, 2.05) is 12.1 Å². The Labute approximate surface area is 128 Å². The molecule has 0 saturated heterocycles. The van der Waals surface area contributed by atoms with Crippen molar-refractivity contribution < 1.29 is 9.53 Å². The molecular weight excluding hydrogens is 296 g/mol. The Balaban J connectivity index is 0.00000220. The summed E-state index contributed by atoms with van der Waals surface area (Å²) in [6.07, 6.45) is 1.41. The molecule has 1 aromatic carbocycles. The van der Waals surface area contributed by atoms with Gasteiger partial charge in [-0.3, -0.25) is 4.79 Å². The number of tetrazole rings is 1. The van der Waals surface area contributed by atoms with Crippen molar-refractivity contribution in [2.75, 3.05) is 19.0 Å². The van der Waals surface area contributed by atoms with E-state index in [-0.39, 0.29) is 30.8 Å². The molecular formula is C12H17ClN6O2. The molecule has 114 valence electrons. The lowest BCUT2D eigenvalue weighted by Gasteiger charge is -2.13. The molecule has 0 radical (unpaired) electrons. The van der Waals surface area contributed by atoms with Crippen LogP contribution in [0.25, 0.3) is 5.69 Å². The molecule has 2 aromatic rings. The van der Waals surface area contributed by atoms with Crippen LogP contribution in [0.1, 0.15) is 6.42 Å². The van der Waals surface area contributed by atoms with Gasteiger partial charge in [-0.05, 0) is 28.6 Å². The first-order valence-corrected chi connectivity index (χ1v) is 6.09. The number of methoxy groups -OCH3 is 1. The smallest absolute Gasteiger partial charge is 0.227 e. The first kappa shape index (κ1) is 17.0. The van der Waals surface area contributed by atoms with Crippen LogP contribution in [-0.2, 0) is 9.53 Å². The van der Waals surface area contributed by atoms with Crippen LogP contribution < -0.4 is 11.1 Å². The Morgan fingerprint density at radius 2 is 2.33 bits per heavy atom. The van der Waals surface area contributed by atoms with Crippen LogP contribution in [0, 0.1) is 0 Å². The summed E-state index contributed by atoms with van der Waals surface area (Å²) in [5.74, 6) is -0.156. The molecule has 1 heterocycles. The monoisotopic (exact) mass is 312 g/mol. The second-order valence-corrected chi connectivity index (χ2v) is 4.15. The highest BCUT2D eigenvalue weighted by Crippen LogP contribution is 2.13. The summed E-state index contributed by atoms with van der Waals surface area (Å²) in [5.41, 5.74) is 6.90. The molecule has 0 saturated carbocycles. The number of anilines is 1. The Morgan fingerprint density at radius 3 is 2.95 bits per heavy atom. The zero-order valence-electron chi connectivity index (χ0n) is 11.5. The largest absolute Gasteiger partial charge is 0.380 e. The first-order valence-electron chi connectivity index (χ1n) is 6.09. The number of halogens is 1. The van der Waals surface area contributed by atoms with Crippen molar-refractivity contribution in [1.29, 1.82) is 0 Å². The van der Waals surface area contributed by atoms with Crippen molar-refractivity contribution in [3.63, 3.8) is 0 Å². The number of amides is 1. The zero-order chi connectivity index (χ0) is 14.4. The van der Waals surface area contributed by atoms with Crippen LogP contribution in [0.2, 0.25) is 0 Å². The van der Waals surface area contributed by atoms with Gasteiger partial charge in [0.25, 0.3) is 0 Å². The normalized spacial score (nSPS) is 11.5. The Hall–Kier alpha value is -2.03. The third kappa shape index (κ3) is 4.78. The fourth-order valence-electron chi connectivity index (χ4n) is 1.69. The van der Waals surface area contributed by atoms with Gasteiger partial charge in [0.05, 0.1) is 18.2 Å². The van der Waals surface area contributed by atoms with Gasteiger partial charge >= 0.3 is 0 Å². The van der Waals surface area contributed by atoms with Crippen molar-refractivity contribution >= 4 is 24.0 Å². The standard InChI is InChI=1S/C12H16N6O2.ClH/c1-20-11(7-13)6-12(19)15-9-3-2-4-10(5-9)18-8-14-16-17-18;/h2-5,8,11H,6-7,13H2,1H3,(H,15,19);1H. The zero-order valence-corrected chi connectivity index (χ0v) is 12.3. The number of benzene rings is 1. The highest BCUT2D eigenvalue weighted by atomic mass is 35.5. The Morgan fingerprint density at radius 1 is 1.52 bits per heavy atom. The van der Waals surface area contributed by atoms with Crippen molar-refractivity contribution in [3.05, 3.63) is 30.6 Å². The summed E-state index contributed by atoms with van der Waals surface area (Å²) in [7, 11) is 1.53. The third-order valence-electron chi connectivity index (χ3n) is 2.75. The van der Waals surface area contributed by atoms with E-state index in [1.165, 1.54) is 18.1 Å². The van der Waals surface area contributed by atoms with E-state index >= 15 is 0 Å². The summed E-state index contributed by atoms with van der Waals surface area (Å²) in [6.45, 7) is 0.300. The molecule has 1 amide bonds. The van der Waals surface area contributed by atoms with Gasteiger partial charge in [0.15, 0.2) is 0 Å². The molecule has 0 aliphatic carbocycles. The topological polar surface area (TPSA) is 108 Å². The van der Waals surface area contributed by atoms with Gasteiger partial charge in [-0.15, -0.1) is 17.5 Å². The molecule has 3 N–H and O–H groups in total. The number of nitrogens with zero attached hydrogens (tertiary/aromatic N) is 4. The number of nitrogens with two attached hydrogens (primary N) is 1. The molecule has 9 heteroatoms. The summed E-state index contributed by atoms with van der Waals surface area (Å²) in [5, 5.41) is 13.7. The summed E-state index contributed by atoms with van der Waals surface area (Å²) >= 11 is 0. The minimum Gasteiger partial charge on any atom is -0.380 e. The van der Waals surface area contributed by atoms with Crippen molar-refractivity contribution in [2.45, 2.75) is 12.5 Å². The SMILES string of the molecule is COC(CN)CC(=O)Nc1cccc(-n2cnnn2)c1.Cl. The van der Waals surface area contributed by atoms with Gasteiger partial charge in [0.1, 0.15) is 6.33 Å². The highest BCUT2D eigenvalue weighted by Gasteiger charge is 2.11. The fourth-order valence-corrected chi connectivity index (χ4v) is 1.69. The molecule has 0 aliphatic heterocycles. The number of carbonyl (C=O) groups is 1. The highest BCUT2D eigenvalue weighted by molar-refractivity contribution is 5.91. The number of rotatable bonds is 6. The molecule has 0 spiro atoms. The number of aromatic nitrogens is 4. The van der Waals surface area contributed by atoms with E-state index in [9.17, 15) is 4.79 Å². The number of carbonyl (C=O) groups excluding carboxylic acids is 1. The predicted molar refractivity (Wildman–Crippen MR) is 79.5 cm³/mol. The third-order valence-corrected chi connectivity index (χ3v) is 2.75. The molecule has 0 bridgehead atoms. The summed E-state index contributed by atoms with van der Waals surface area (Å²) in [4.78, 5) is 11.8. The van der Waals surface area contributed by atoms with Crippen molar-refractivity contribution in [2.24, 2.45) is 5.73 Å². The van der Waals surface area contributed by atoms with Crippen LogP contribution in [-0.4, -0.2) is 45.9 Å². The Kier molecular flexibility index (Phi) is 6.73. The maximum absolute atomic E-state index is 11.8. The molecule has 1 aromatic heterocycles. The van der Waals surface area contributed by atoms with E-state index in [0.717, 1.165) is 5.69 Å². The molecule has 8 nitrogen and oxygen atoms in total. The summed E-state index contributed by atoms with van der Waals surface area (Å²) < 4.78 is 6.58. The maximum atomic E-state index is 11.8. The number of ether oxygens (including phenoxy) is 1. The van der Waals surface area contributed by atoms with E-state index in [0.29, 0.717) is 12.2 Å². The number of hydrogen-bond donors (Lipinski definition) is 2. The van der Waals surface area contributed by atoms with E-state index in [4.69, 9.17) is 10.5 Å². The first-order chi connectivity index (χ1) is 9.72. The van der Waals surface area contributed by atoms with Crippen molar-refractivity contribution in [3.8, 4) is 5.69 Å². The molecule has 2 rings (SSSR count). The van der Waals surface area contributed by atoms with Crippen LogP contribution in [0.15, 0.2) is 30.6 Å². The second kappa shape index (κ2) is 8.30. The van der Waals surface area contributed by atoms with Gasteiger partial charge in [0, 0.05) is 19.3 Å². The molecule has 0 fully saturated rings. The molecule has 0 aliphatic rings. The second-order valence-electron chi connectivity index (χ2n) is 4.15. The average molecular weight is 313 g/mol. The lowest BCUT2D eigenvalue weighted by molar-refractivity contribution is -0.118. The van der Waals surface area contributed by atoms with Crippen molar-refractivity contribution in [1.82, 2.24) is 20.2 Å². The van der Waals surface area contributed by atoms with E-state index in [1.54, 1.807) is 12.1 Å². The number of nitrogens with one attached hydrogen (secondary N) is 1. The van der Waals surface area contributed by atoms with Gasteiger partial charge in [-0.2, -0.15) is 0 Å². The Bertz CT molecular complexity index is 559. The lowest BCUT2D eigenvalue weighted by atomic mass is 10.2. The number of hydrogen-bond acceptors (Lipinski definition) is 6. The minimum atomic E-state index is -0.280. The summed E-state index contributed by atoms with van der Waals surface area (Å²) in [6, 6.07) is 7.21. The molecule has 21 heavy (non-hydrogen) atoms. The molecule has 1 unspecified atom stereocenters. The van der Waals surface area contributed by atoms with E-state index < -0.39 is 0 Å². The maximum Gasteiger partial charge on any atom is 0.227 e. The fraction of sp³-hybridized carbons (Fsp3) is 0.333. The minimum absolute atomic E-state index is 0. The van der Waals surface area contributed by atoms with Crippen LogP contribution in [0.3, 0.4) is 0 Å². The molecule has 1 atom stereocenters. The van der Waals surface area contributed by atoms with Gasteiger partial charge < -0.3 is 15.8 Å². The van der Waals surface area contributed by atoms with Gasteiger partial charge in [-0.1, -0.05) is 6.07 Å². The van der Waals surface area contributed by atoms with Crippen LogP contribution in [0.5, 0.6) is 0 Å². The van der Waals surface area contributed by atoms with Crippen LogP contribution >= 0.6 is 12.4 Å². The quantitative estimate of drug-likeness (QED) is 0.798. The van der Waals surface area contributed by atoms with Gasteiger partial charge in [0.2, 0.25) is 5.91 Å². The van der Waals surface area contributed by atoms with Crippen LogP contribution in [0.4, 0.5) is 5.69 Å². The average Bonchev–Trinajstić information content (AvgIpc) is 2.99.